The predicted octanol–water partition coefficient (Wildman–Crippen LogP) is 4.97. The van der Waals surface area contributed by atoms with Gasteiger partial charge in [-0.2, -0.15) is 0 Å². The predicted molar refractivity (Wildman–Crippen MR) is 82.1 cm³/mol. The van der Waals surface area contributed by atoms with Gasteiger partial charge >= 0.3 is 0 Å². The highest BCUT2D eigenvalue weighted by atomic mass is 79.9. The van der Waals surface area contributed by atoms with Crippen molar-refractivity contribution >= 4 is 37.5 Å². The summed E-state index contributed by atoms with van der Waals surface area (Å²) in [6.07, 6.45) is 0. The number of rotatable bonds is 4. The maximum Gasteiger partial charge on any atom is 0.147 e. The molecule has 0 atom stereocenters. The summed E-state index contributed by atoms with van der Waals surface area (Å²) in [4.78, 5) is 0. The normalized spacial score (nSPS) is 10.3. The second-order valence-electron chi connectivity index (χ2n) is 3.93. The minimum absolute atomic E-state index is 0.289. The van der Waals surface area contributed by atoms with Crippen LogP contribution in [0.25, 0.3) is 0 Å². The first-order valence-corrected chi connectivity index (χ1v) is 7.20. The molecule has 2 nitrogen and oxygen atoms in total. The maximum atomic E-state index is 13.7. The third-order valence-corrected chi connectivity index (χ3v) is 3.63. The molecule has 0 aliphatic carbocycles. The smallest absolute Gasteiger partial charge is 0.147 e. The van der Waals surface area contributed by atoms with Crippen molar-refractivity contribution in [3.05, 3.63) is 56.7 Å². The Balaban J connectivity index is 2.16. The number of methoxy groups -OCH3 is 1. The Kier molecular flexibility index (Phi) is 4.82. The number of anilines is 1. The van der Waals surface area contributed by atoms with E-state index in [4.69, 9.17) is 4.74 Å². The van der Waals surface area contributed by atoms with Crippen LogP contribution >= 0.6 is 31.9 Å². The summed E-state index contributed by atoms with van der Waals surface area (Å²) in [5.41, 5.74) is 1.42. The molecule has 0 bridgehead atoms. The number of nitrogens with one attached hydrogen (secondary N) is 1. The summed E-state index contributed by atoms with van der Waals surface area (Å²) in [6.45, 7) is 0.487. The first kappa shape index (κ1) is 14.3. The van der Waals surface area contributed by atoms with Gasteiger partial charge in [-0.15, -0.1) is 0 Å². The second-order valence-corrected chi connectivity index (χ2v) is 5.77. The quantitative estimate of drug-likeness (QED) is 0.798. The molecule has 2 aromatic carbocycles. The van der Waals surface area contributed by atoms with Gasteiger partial charge in [-0.1, -0.05) is 31.9 Å². The molecule has 100 valence electrons. The minimum atomic E-state index is -0.289. The lowest BCUT2D eigenvalue weighted by molar-refractivity contribution is 0.410. The van der Waals surface area contributed by atoms with Gasteiger partial charge in [0.05, 0.1) is 12.8 Å². The first-order valence-electron chi connectivity index (χ1n) is 5.61. The molecule has 0 fully saturated rings. The molecule has 1 N–H and O–H groups in total. The van der Waals surface area contributed by atoms with Crippen LogP contribution in [0.3, 0.4) is 0 Å². The van der Waals surface area contributed by atoms with E-state index in [-0.39, 0.29) is 5.82 Å². The summed E-state index contributed by atoms with van der Waals surface area (Å²) in [5.74, 6) is 0.483. The number of benzene rings is 2. The Hall–Kier alpha value is -1.07. The Bertz CT molecular complexity index is 590. The van der Waals surface area contributed by atoms with Gasteiger partial charge in [-0.25, -0.2) is 4.39 Å². The van der Waals surface area contributed by atoms with Gasteiger partial charge in [0.2, 0.25) is 0 Å². The van der Waals surface area contributed by atoms with Gasteiger partial charge in [0, 0.05) is 21.1 Å². The van der Waals surface area contributed by atoms with E-state index in [0.29, 0.717) is 12.2 Å². The van der Waals surface area contributed by atoms with E-state index in [2.05, 4.69) is 37.2 Å². The summed E-state index contributed by atoms with van der Waals surface area (Å²) < 4.78 is 20.6. The zero-order valence-electron chi connectivity index (χ0n) is 10.2. The zero-order valence-corrected chi connectivity index (χ0v) is 13.4. The molecule has 0 heterocycles. The van der Waals surface area contributed by atoms with Crippen LogP contribution in [0, 0.1) is 5.82 Å². The van der Waals surface area contributed by atoms with Crippen LogP contribution in [0.15, 0.2) is 45.3 Å². The van der Waals surface area contributed by atoms with Crippen molar-refractivity contribution in [3.8, 4) is 5.75 Å². The Morgan fingerprint density at radius 1 is 1.11 bits per heavy atom. The molecule has 0 amide bonds. The van der Waals surface area contributed by atoms with E-state index in [0.717, 1.165) is 20.3 Å². The number of ether oxygens (including phenoxy) is 1. The molecule has 2 rings (SSSR count). The summed E-state index contributed by atoms with van der Waals surface area (Å²) in [7, 11) is 1.62. The largest absolute Gasteiger partial charge is 0.496 e. The molecule has 0 aliphatic heterocycles. The third-order valence-electron chi connectivity index (χ3n) is 2.64. The molecule has 0 aromatic heterocycles. The molecule has 0 saturated heterocycles. The Morgan fingerprint density at radius 2 is 1.79 bits per heavy atom. The maximum absolute atomic E-state index is 13.7. The molecular formula is C14H12Br2FNO. The van der Waals surface area contributed by atoms with E-state index in [1.54, 1.807) is 19.2 Å². The van der Waals surface area contributed by atoms with E-state index >= 15 is 0 Å². The molecule has 0 saturated carbocycles. The van der Waals surface area contributed by atoms with Crippen molar-refractivity contribution in [2.75, 3.05) is 12.4 Å². The molecular weight excluding hydrogens is 377 g/mol. The second kappa shape index (κ2) is 6.39. The van der Waals surface area contributed by atoms with E-state index < -0.39 is 0 Å². The SMILES string of the molecule is COc1ccc(Br)cc1CNc1ccc(Br)cc1F. The number of hydrogen-bond acceptors (Lipinski definition) is 2. The lowest BCUT2D eigenvalue weighted by Crippen LogP contribution is -2.03. The standard InChI is InChI=1S/C14H12Br2FNO/c1-19-14-5-3-10(15)6-9(14)8-18-13-4-2-11(16)7-12(13)17/h2-7,18H,8H2,1H3. The Morgan fingerprint density at radius 3 is 2.47 bits per heavy atom. The fourth-order valence-electron chi connectivity index (χ4n) is 1.71. The molecule has 0 spiro atoms. The molecule has 0 unspecified atom stereocenters. The molecule has 5 heteroatoms. The summed E-state index contributed by atoms with van der Waals surface area (Å²) in [5, 5.41) is 3.06. The van der Waals surface area contributed by atoms with Crippen LogP contribution in [0.4, 0.5) is 10.1 Å². The van der Waals surface area contributed by atoms with Gasteiger partial charge in [0.25, 0.3) is 0 Å². The average Bonchev–Trinajstić information content (AvgIpc) is 2.38. The highest BCUT2D eigenvalue weighted by molar-refractivity contribution is 9.10. The van der Waals surface area contributed by atoms with Crippen molar-refractivity contribution < 1.29 is 9.13 Å². The highest BCUT2D eigenvalue weighted by Gasteiger charge is 2.06. The van der Waals surface area contributed by atoms with Gasteiger partial charge in [-0.05, 0) is 36.4 Å². The van der Waals surface area contributed by atoms with Gasteiger partial charge in [0.15, 0.2) is 0 Å². The first-order chi connectivity index (χ1) is 9.10. The third kappa shape index (κ3) is 3.70. The van der Waals surface area contributed by atoms with Gasteiger partial charge < -0.3 is 10.1 Å². The topological polar surface area (TPSA) is 21.3 Å². The van der Waals surface area contributed by atoms with E-state index in [9.17, 15) is 4.39 Å². The molecule has 0 aliphatic rings. The summed E-state index contributed by atoms with van der Waals surface area (Å²) in [6, 6.07) is 10.7. The molecule has 0 radical (unpaired) electrons. The van der Waals surface area contributed by atoms with Crippen molar-refractivity contribution in [2.45, 2.75) is 6.54 Å². The van der Waals surface area contributed by atoms with Crippen LogP contribution < -0.4 is 10.1 Å². The highest BCUT2D eigenvalue weighted by Crippen LogP contribution is 2.25. The monoisotopic (exact) mass is 387 g/mol. The number of halogens is 3. The van der Waals surface area contributed by atoms with Crippen molar-refractivity contribution in [1.29, 1.82) is 0 Å². The molecule has 2 aromatic rings. The van der Waals surface area contributed by atoms with Crippen molar-refractivity contribution in [1.82, 2.24) is 0 Å². The van der Waals surface area contributed by atoms with Crippen LogP contribution in [-0.2, 0) is 6.54 Å². The number of hydrogen-bond donors (Lipinski definition) is 1. The summed E-state index contributed by atoms with van der Waals surface area (Å²) >= 11 is 6.64. The average molecular weight is 389 g/mol. The lowest BCUT2D eigenvalue weighted by Gasteiger charge is -2.12. The fourth-order valence-corrected chi connectivity index (χ4v) is 2.45. The van der Waals surface area contributed by atoms with Crippen molar-refractivity contribution in [3.63, 3.8) is 0 Å². The van der Waals surface area contributed by atoms with Gasteiger partial charge in [0.1, 0.15) is 11.6 Å². The van der Waals surface area contributed by atoms with E-state index in [1.807, 2.05) is 18.2 Å². The zero-order chi connectivity index (χ0) is 13.8. The van der Waals surface area contributed by atoms with Crippen LogP contribution in [-0.4, -0.2) is 7.11 Å². The fraction of sp³-hybridized carbons (Fsp3) is 0.143. The minimum Gasteiger partial charge on any atom is -0.496 e. The van der Waals surface area contributed by atoms with Crippen LogP contribution in [0.1, 0.15) is 5.56 Å². The van der Waals surface area contributed by atoms with Crippen molar-refractivity contribution in [2.24, 2.45) is 0 Å². The molecule has 19 heavy (non-hydrogen) atoms. The van der Waals surface area contributed by atoms with Crippen LogP contribution in [0.5, 0.6) is 5.75 Å². The van der Waals surface area contributed by atoms with E-state index in [1.165, 1.54) is 6.07 Å². The van der Waals surface area contributed by atoms with Gasteiger partial charge in [-0.3, -0.25) is 0 Å². The van der Waals surface area contributed by atoms with Crippen LogP contribution in [0.2, 0.25) is 0 Å². The lowest BCUT2D eigenvalue weighted by atomic mass is 10.2. The Labute approximate surface area is 128 Å².